The average Bonchev–Trinajstić information content (AvgIpc) is 3.09. The van der Waals surface area contributed by atoms with Crippen molar-refractivity contribution in [2.24, 2.45) is 5.41 Å². The van der Waals surface area contributed by atoms with E-state index in [2.05, 4.69) is 21.2 Å². The summed E-state index contributed by atoms with van der Waals surface area (Å²) in [5.41, 5.74) is 3.08. The summed E-state index contributed by atoms with van der Waals surface area (Å²) in [6, 6.07) is 2.17. The molecule has 0 amide bonds. The van der Waals surface area contributed by atoms with Crippen LogP contribution in [0.25, 0.3) is 10.9 Å². The van der Waals surface area contributed by atoms with Crippen LogP contribution in [0.5, 0.6) is 0 Å². The number of nitrogens with zero attached hydrogens (tertiary/aromatic N) is 2. The lowest BCUT2D eigenvalue weighted by Crippen LogP contribution is -1.87. The third kappa shape index (κ3) is 0.775. The molecule has 70 valence electrons. The number of H-pyrrole nitrogens is 1. The molecule has 2 heterocycles. The summed E-state index contributed by atoms with van der Waals surface area (Å²) in [5.74, 6) is 0.746. The maximum absolute atomic E-state index is 4.52. The van der Waals surface area contributed by atoms with E-state index in [0.29, 0.717) is 5.41 Å². The molecule has 4 rings (SSSR count). The summed E-state index contributed by atoms with van der Waals surface area (Å²) in [7, 11) is 0. The highest BCUT2D eigenvalue weighted by molar-refractivity contribution is 5.77. The molecule has 2 aliphatic rings. The predicted molar refractivity (Wildman–Crippen MR) is 52.9 cm³/mol. The van der Waals surface area contributed by atoms with Crippen molar-refractivity contribution in [3.05, 3.63) is 24.2 Å². The largest absolute Gasteiger partial charge is 0.278 e. The van der Waals surface area contributed by atoms with Crippen molar-refractivity contribution in [2.45, 2.75) is 25.2 Å². The van der Waals surface area contributed by atoms with Crippen LogP contribution in [0.2, 0.25) is 0 Å². The van der Waals surface area contributed by atoms with Gasteiger partial charge < -0.3 is 0 Å². The molecule has 2 aromatic heterocycles. The maximum Gasteiger partial charge on any atom is 0.0684 e. The molecule has 1 spiro atoms. The van der Waals surface area contributed by atoms with Gasteiger partial charge >= 0.3 is 0 Å². The molecule has 14 heavy (non-hydrogen) atoms. The Balaban J connectivity index is 1.83. The predicted octanol–water partition coefficient (Wildman–Crippen LogP) is 2.23. The van der Waals surface area contributed by atoms with Crippen molar-refractivity contribution in [3.63, 3.8) is 0 Å². The lowest BCUT2D eigenvalue weighted by Gasteiger charge is -1.97. The lowest BCUT2D eigenvalue weighted by molar-refractivity contribution is 0.821. The highest BCUT2D eigenvalue weighted by Crippen LogP contribution is 2.74. The van der Waals surface area contributed by atoms with E-state index >= 15 is 0 Å². The first kappa shape index (κ1) is 6.98. The number of fused-ring (bicyclic) bond motifs is 1. The average molecular weight is 185 g/mol. The van der Waals surface area contributed by atoms with Crippen LogP contribution in [0, 0.1) is 5.41 Å². The first-order valence-electron chi connectivity index (χ1n) is 5.16. The molecule has 2 saturated carbocycles. The van der Waals surface area contributed by atoms with Gasteiger partial charge in [-0.2, -0.15) is 5.10 Å². The molecule has 0 unspecified atom stereocenters. The smallest absolute Gasteiger partial charge is 0.0684 e. The molecule has 2 aromatic rings. The Kier molecular flexibility index (Phi) is 0.996. The Hall–Kier alpha value is -1.38. The first-order valence-corrected chi connectivity index (χ1v) is 5.16. The van der Waals surface area contributed by atoms with Crippen molar-refractivity contribution in [1.82, 2.24) is 15.2 Å². The SMILES string of the molecule is c1n[nH]c2cc([C@@H]3CC34CC4)ncc12. The highest BCUT2D eigenvalue weighted by Gasteiger charge is 2.63. The second-order valence-electron chi connectivity index (χ2n) is 4.69. The Morgan fingerprint density at radius 1 is 1.36 bits per heavy atom. The zero-order valence-corrected chi connectivity index (χ0v) is 7.83. The third-order valence-electron chi connectivity index (χ3n) is 3.78. The van der Waals surface area contributed by atoms with E-state index in [9.17, 15) is 0 Å². The lowest BCUT2D eigenvalue weighted by atomic mass is 10.2. The van der Waals surface area contributed by atoms with Crippen LogP contribution in [0.4, 0.5) is 0 Å². The quantitative estimate of drug-likeness (QED) is 0.740. The van der Waals surface area contributed by atoms with E-state index in [4.69, 9.17) is 0 Å². The summed E-state index contributed by atoms with van der Waals surface area (Å²) in [5, 5.41) is 8.12. The fraction of sp³-hybridized carbons (Fsp3) is 0.455. The molecule has 3 nitrogen and oxygen atoms in total. The van der Waals surface area contributed by atoms with Crippen LogP contribution < -0.4 is 0 Å². The van der Waals surface area contributed by atoms with Gasteiger partial charge in [0, 0.05) is 23.2 Å². The summed E-state index contributed by atoms with van der Waals surface area (Å²) in [6.07, 6.45) is 7.95. The molecule has 3 heteroatoms. The van der Waals surface area contributed by atoms with Gasteiger partial charge in [0.1, 0.15) is 0 Å². The third-order valence-corrected chi connectivity index (χ3v) is 3.78. The highest BCUT2D eigenvalue weighted by atomic mass is 15.1. The Bertz CT molecular complexity index is 510. The molecular formula is C11H11N3. The maximum atomic E-state index is 4.52. The number of aromatic nitrogens is 3. The van der Waals surface area contributed by atoms with Gasteiger partial charge in [0.2, 0.25) is 0 Å². The number of nitrogens with one attached hydrogen (secondary N) is 1. The number of pyridine rings is 1. The summed E-state index contributed by atoms with van der Waals surface area (Å²) in [4.78, 5) is 4.52. The molecule has 0 saturated heterocycles. The van der Waals surface area contributed by atoms with Crippen LogP contribution in [0.15, 0.2) is 18.5 Å². The van der Waals surface area contributed by atoms with Gasteiger partial charge in [-0.15, -0.1) is 0 Å². The minimum atomic E-state index is 0.695. The standard InChI is InChI=1S/C11H11N3/c1-2-11(1)4-8(11)10-3-9-7(5-12-10)6-13-14-9/h3,5-6,8H,1-2,4H2,(H,13,14)/t8-/m0/s1. The zero-order chi connectivity index (χ0) is 9.17. The van der Waals surface area contributed by atoms with Gasteiger partial charge in [-0.05, 0) is 30.7 Å². The summed E-state index contributed by atoms with van der Waals surface area (Å²) in [6.45, 7) is 0. The molecular weight excluding hydrogens is 174 g/mol. The van der Waals surface area contributed by atoms with Gasteiger partial charge in [-0.3, -0.25) is 10.1 Å². The van der Waals surface area contributed by atoms with Crippen LogP contribution >= 0.6 is 0 Å². The molecule has 0 aromatic carbocycles. The van der Waals surface area contributed by atoms with Gasteiger partial charge in [0.25, 0.3) is 0 Å². The molecule has 0 radical (unpaired) electrons. The van der Waals surface area contributed by atoms with Gasteiger partial charge in [0.05, 0.1) is 11.7 Å². The second-order valence-corrected chi connectivity index (χ2v) is 4.69. The fourth-order valence-corrected chi connectivity index (χ4v) is 2.52. The number of aromatic amines is 1. The van der Waals surface area contributed by atoms with E-state index in [1.807, 2.05) is 12.4 Å². The van der Waals surface area contributed by atoms with Crippen molar-refractivity contribution >= 4 is 10.9 Å². The first-order chi connectivity index (χ1) is 6.87. The fourth-order valence-electron chi connectivity index (χ4n) is 2.52. The molecule has 1 N–H and O–H groups in total. The van der Waals surface area contributed by atoms with Gasteiger partial charge in [-0.1, -0.05) is 0 Å². The van der Waals surface area contributed by atoms with E-state index < -0.39 is 0 Å². The summed E-state index contributed by atoms with van der Waals surface area (Å²) < 4.78 is 0. The van der Waals surface area contributed by atoms with E-state index in [1.165, 1.54) is 25.0 Å². The normalized spacial score (nSPS) is 27.0. The molecule has 0 bridgehead atoms. The van der Waals surface area contributed by atoms with Crippen molar-refractivity contribution in [1.29, 1.82) is 0 Å². The summed E-state index contributed by atoms with van der Waals surface area (Å²) >= 11 is 0. The minimum Gasteiger partial charge on any atom is -0.278 e. The van der Waals surface area contributed by atoms with Gasteiger partial charge in [-0.25, -0.2) is 0 Å². The number of rotatable bonds is 1. The van der Waals surface area contributed by atoms with Crippen molar-refractivity contribution in [3.8, 4) is 0 Å². The van der Waals surface area contributed by atoms with Crippen LogP contribution in [-0.2, 0) is 0 Å². The van der Waals surface area contributed by atoms with Crippen molar-refractivity contribution < 1.29 is 0 Å². The molecule has 0 aliphatic heterocycles. The number of hydrogen-bond acceptors (Lipinski definition) is 2. The van der Waals surface area contributed by atoms with Crippen LogP contribution in [0.1, 0.15) is 30.9 Å². The number of hydrogen-bond donors (Lipinski definition) is 1. The Labute approximate surface area is 81.5 Å². The van der Waals surface area contributed by atoms with Crippen LogP contribution in [0.3, 0.4) is 0 Å². The topological polar surface area (TPSA) is 41.6 Å². The monoisotopic (exact) mass is 185 g/mol. The molecule has 2 aliphatic carbocycles. The zero-order valence-electron chi connectivity index (χ0n) is 7.83. The van der Waals surface area contributed by atoms with Crippen LogP contribution in [-0.4, -0.2) is 15.2 Å². The van der Waals surface area contributed by atoms with E-state index in [0.717, 1.165) is 16.8 Å². The Morgan fingerprint density at radius 2 is 2.29 bits per heavy atom. The molecule has 1 atom stereocenters. The van der Waals surface area contributed by atoms with E-state index in [-0.39, 0.29) is 0 Å². The second kappa shape index (κ2) is 2.00. The van der Waals surface area contributed by atoms with Gasteiger partial charge in [0.15, 0.2) is 0 Å². The Morgan fingerprint density at radius 3 is 3.07 bits per heavy atom. The van der Waals surface area contributed by atoms with E-state index in [1.54, 1.807) is 0 Å². The minimum absolute atomic E-state index is 0.695. The molecule has 2 fully saturated rings. The van der Waals surface area contributed by atoms with Crippen molar-refractivity contribution in [2.75, 3.05) is 0 Å².